The molecule has 3 aromatic rings. The van der Waals surface area contributed by atoms with Gasteiger partial charge in [0.2, 0.25) is 0 Å². The number of rotatable bonds is 0. The first-order chi connectivity index (χ1) is 7.58. The number of benzene rings is 1. The van der Waals surface area contributed by atoms with Gasteiger partial charge in [-0.25, -0.2) is 0 Å². The Morgan fingerprint density at radius 2 is 1.65 bits per heavy atom. The summed E-state index contributed by atoms with van der Waals surface area (Å²) < 4.78 is 2.65. The number of halogens is 4. The fraction of sp³-hybridized carbons (Fsp3) is 0.214. The van der Waals surface area contributed by atoms with E-state index in [4.69, 9.17) is 0 Å². The molecule has 0 aliphatic rings. The van der Waals surface area contributed by atoms with Gasteiger partial charge >= 0.3 is 26.2 Å². The molecule has 1 heterocycles. The Morgan fingerprint density at radius 1 is 1.05 bits per heavy atom. The normalized spacial score (nSPS) is 9.40. The van der Waals surface area contributed by atoms with Crippen LogP contribution >= 0.6 is 27.3 Å². The van der Waals surface area contributed by atoms with Crippen molar-refractivity contribution in [2.24, 2.45) is 0 Å². The predicted molar refractivity (Wildman–Crippen MR) is 76.8 cm³/mol. The summed E-state index contributed by atoms with van der Waals surface area (Å²) in [6.45, 7) is 6.56. The van der Waals surface area contributed by atoms with Crippen LogP contribution in [0.4, 0.5) is 0 Å². The van der Waals surface area contributed by atoms with Gasteiger partial charge in [-0.2, -0.15) is 0 Å². The van der Waals surface area contributed by atoms with Crippen LogP contribution in [0.2, 0.25) is 0 Å². The van der Waals surface area contributed by atoms with Crippen LogP contribution in [-0.4, -0.2) is 0 Å². The Bertz CT molecular complexity index is 718. The average Bonchev–Trinajstić information content (AvgIpc) is 2.70. The first-order valence-corrected chi connectivity index (χ1v) is 6.94. The fourth-order valence-electron chi connectivity index (χ4n) is 2.29. The number of aryl methyl sites for hydroxylation is 3. The van der Waals surface area contributed by atoms with Crippen molar-refractivity contribution < 1.29 is 63.4 Å². The molecule has 6 heteroatoms. The van der Waals surface area contributed by atoms with Crippen molar-refractivity contribution in [3.05, 3.63) is 38.7 Å². The van der Waals surface area contributed by atoms with Gasteiger partial charge in [-0.1, -0.05) is 41.9 Å². The van der Waals surface area contributed by atoms with E-state index in [-0.39, 0.29) is 63.4 Å². The van der Waals surface area contributed by atoms with E-state index in [1.165, 1.54) is 41.3 Å². The van der Waals surface area contributed by atoms with Gasteiger partial charge in [0.05, 0.1) is 0 Å². The van der Waals surface area contributed by atoms with Crippen LogP contribution in [-0.2, 0) is 26.2 Å². The molecule has 0 spiro atoms. The molecule has 0 saturated heterocycles. The van der Waals surface area contributed by atoms with Crippen molar-refractivity contribution in [2.75, 3.05) is 0 Å². The Morgan fingerprint density at radius 3 is 2.25 bits per heavy atom. The minimum atomic E-state index is 0. The molecule has 0 fully saturated rings. The second kappa shape index (κ2) is 8.60. The third-order valence-electron chi connectivity index (χ3n) is 3.22. The monoisotopic (exact) mass is 486 g/mol. The van der Waals surface area contributed by atoms with Crippen LogP contribution in [0, 0.1) is 20.8 Å². The number of fused-ring (bicyclic) bond motifs is 2. The van der Waals surface area contributed by atoms with Gasteiger partial charge in [0.25, 0.3) is 0 Å². The van der Waals surface area contributed by atoms with E-state index in [1.807, 2.05) is 11.3 Å². The molecule has 2 aromatic carbocycles. The van der Waals surface area contributed by atoms with Gasteiger partial charge < -0.3 is 37.2 Å². The Kier molecular flexibility index (Phi) is 10.0. The summed E-state index contributed by atoms with van der Waals surface area (Å²) in [5, 5.41) is 4.07. The number of hydrogen-bond acceptors (Lipinski definition) is 1. The standard InChI is InChI=1S/C14H12BrS.3ClH.Zr/c1-7-4-10-6-12-13(8(2)9(3)16-12)14(15)11(10)5-7;;;;/h4-6H,1-3H3;3*1H;/q-1;;;;+4/p-3. The van der Waals surface area contributed by atoms with Gasteiger partial charge in [0.1, 0.15) is 0 Å². The molecule has 0 N–H and O–H groups in total. The molecule has 0 aliphatic heterocycles. The van der Waals surface area contributed by atoms with E-state index >= 15 is 0 Å². The van der Waals surface area contributed by atoms with E-state index < -0.39 is 0 Å². The van der Waals surface area contributed by atoms with E-state index in [2.05, 4.69) is 54.9 Å². The van der Waals surface area contributed by atoms with Crippen molar-refractivity contribution in [2.45, 2.75) is 20.8 Å². The molecule has 0 unspecified atom stereocenters. The Labute approximate surface area is 169 Å². The van der Waals surface area contributed by atoms with Gasteiger partial charge in [0.15, 0.2) is 0 Å². The summed E-state index contributed by atoms with van der Waals surface area (Å²) in [5.41, 5.74) is 2.75. The van der Waals surface area contributed by atoms with E-state index in [1.54, 1.807) is 0 Å². The molecule has 3 rings (SSSR count). The quantitative estimate of drug-likeness (QED) is 0.287. The molecule has 1 aromatic heterocycles. The zero-order valence-electron chi connectivity index (χ0n) is 11.2. The van der Waals surface area contributed by atoms with Crippen LogP contribution in [0.1, 0.15) is 16.0 Å². The molecular weight excluding hydrogens is 478 g/mol. The van der Waals surface area contributed by atoms with Gasteiger partial charge in [-0.05, 0) is 27.7 Å². The molecule has 0 saturated carbocycles. The third-order valence-corrected chi connectivity index (χ3v) is 5.20. The summed E-state index contributed by atoms with van der Waals surface area (Å²) in [4.78, 5) is 1.42. The second-order valence-electron chi connectivity index (χ2n) is 4.38. The van der Waals surface area contributed by atoms with Crippen LogP contribution in [0.25, 0.3) is 20.9 Å². The zero-order chi connectivity index (χ0) is 11.4. The van der Waals surface area contributed by atoms with Crippen LogP contribution in [0.5, 0.6) is 0 Å². The third kappa shape index (κ3) is 3.67. The molecule has 0 aliphatic carbocycles. The largest absolute Gasteiger partial charge is 4.00 e. The molecule has 106 valence electrons. The van der Waals surface area contributed by atoms with Crippen molar-refractivity contribution in [1.82, 2.24) is 0 Å². The van der Waals surface area contributed by atoms with Crippen molar-refractivity contribution >= 4 is 48.1 Å². The number of thiophene rings is 1. The minimum absolute atomic E-state index is 0. The molecule has 0 amide bonds. The first kappa shape index (κ1) is 23.3. The first-order valence-electron chi connectivity index (χ1n) is 5.33. The smallest absolute Gasteiger partial charge is 1.00 e. The van der Waals surface area contributed by atoms with Gasteiger partial charge in [-0.3, -0.25) is 11.3 Å². The summed E-state index contributed by atoms with van der Waals surface area (Å²) in [6, 6.07) is 6.82. The molecular formula is C14H12BrCl3SZr. The maximum atomic E-state index is 3.77. The Balaban J connectivity index is 0. The minimum Gasteiger partial charge on any atom is -1.00 e. The molecule has 0 atom stereocenters. The van der Waals surface area contributed by atoms with E-state index in [9.17, 15) is 0 Å². The molecule has 0 bridgehead atoms. The van der Waals surface area contributed by atoms with E-state index in [0.29, 0.717) is 0 Å². The topological polar surface area (TPSA) is 0 Å². The predicted octanol–water partition coefficient (Wildman–Crippen LogP) is -3.53. The van der Waals surface area contributed by atoms with Gasteiger partial charge in [0, 0.05) is 0 Å². The van der Waals surface area contributed by atoms with Crippen molar-refractivity contribution in [3.8, 4) is 0 Å². The maximum absolute atomic E-state index is 3.77. The SMILES string of the molecule is Cc1cc2cc3s[c-](C)c(C)c3c(Br)c2c1.[Cl-].[Cl-].[Cl-].[Zr+4]. The summed E-state index contributed by atoms with van der Waals surface area (Å²) in [5.74, 6) is 0. The summed E-state index contributed by atoms with van der Waals surface area (Å²) in [6.07, 6.45) is 0. The maximum Gasteiger partial charge on any atom is 4.00 e. The fourth-order valence-corrected chi connectivity index (χ4v) is 4.40. The molecule has 0 nitrogen and oxygen atoms in total. The number of hydrogen-bond donors (Lipinski definition) is 0. The Hall–Kier alpha value is 1.02. The van der Waals surface area contributed by atoms with Crippen molar-refractivity contribution in [1.29, 1.82) is 0 Å². The van der Waals surface area contributed by atoms with Crippen LogP contribution < -0.4 is 37.2 Å². The molecule has 20 heavy (non-hydrogen) atoms. The molecule has 0 radical (unpaired) electrons. The average molecular weight is 490 g/mol. The van der Waals surface area contributed by atoms with E-state index in [0.717, 1.165) is 0 Å². The van der Waals surface area contributed by atoms with Gasteiger partial charge in [-0.15, -0.1) is 26.6 Å². The van der Waals surface area contributed by atoms with Crippen LogP contribution in [0.3, 0.4) is 0 Å². The van der Waals surface area contributed by atoms with Crippen molar-refractivity contribution in [3.63, 3.8) is 0 Å². The zero-order valence-corrected chi connectivity index (χ0v) is 18.3. The summed E-state index contributed by atoms with van der Waals surface area (Å²) in [7, 11) is 0. The van der Waals surface area contributed by atoms with Crippen LogP contribution in [0.15, 0.2) is 22.7 Å². The summed E-state index contributed by atoms with van der Waals surface area (Å²) >= 11 is 5.65. The second-order valence-corrected chi connectivity index (χ2v) is 6.43.